The van der Waals surface area contributed by atoms with E-state index in [-0.39, 0.29) is 22.7 Å². The van der Waals surface area contributed by atoms with E-state index < -0.39 is 0 Å². The van der Waals surface area contributed by atoms with E-state index in [0.717, 1.165) is 25.7 Å². The average Bonchev–Trinajstić information content (AvgIpc) is 2.50. The van der Waals surface area contributed by atoms with Crippen LogP contribution in [-0.2, 0) is 0 Å². The van der Waals surface area contributed by atoms with Crippen LogP contribution in [0.5, 0.6) is 0 Å². The molecule has 0 N–H and O–H groups in total. The minimum absolute atomic E-state index is 0.227. The lowest BCUT2D eigenvalue weighted by Gasteiger charge is -2.33. The number of hydrogen-bond acceptors (Lipinski definition) is 2. The lowest BCUT2D eigenvalue weighted by Crippen LogP contribution is -2.25. The van der Waals surface area contributed by atoms with Gasteiger partial charge in [0.05, 0.1) is 12.1 Å². The molecule has 0 radical (unpaired) electrons. The van der Waals surface area contributed by atoms with Crippen LogP contribution in [0, 0.1) is 45.3 Å². The molecule has 0 bridgehead atoms. The van der Waals surface area contributed by atoms with Gasteiger partial charge in [-0.15, -0.1) is 0 Å². The van der Waals surface area contributed by atoms with Gasteiger partial charge in [-0.1, -0.05) is 13.8 Å². The zero-order valence-electron chi connectivity index (χ0n) is 8.88. The molecule has 2 nitrogen and oxygen atoms in total. The second kappa shape index (κ2) is 2.74. The molecule has 0 aromatic carbocycles. The van der Waals surface area contributed by atoms with Crippen LogP contribution in [0.15, 0.2) is 0 Å². The summed E-state index contributed by atoms with van der Waals surface area (Å²) in [7, 11) is 0. The number of hydrogen-bond donors (Lipinski definition) is 0. The lowest BCUT2D eigenvalue weighted by atomic mass is 9.71. The van der Waals surface area contributed by atoms with Crippen molar-refractivity contribution in [2.45, 2.75) is 39.5 Å². The van der Waals surface area contributed by atoms with Crippen molar-refractivity contribution in [3.05, 3.63) is 0 Å². The van der Waals surface area contributed by atoms with Gasteiger partial charge in [0.2, 0.25) is 0 Å². The summed E-state index contributed by atoms with van der Waals surface area (Å²) < 4.78 is 0. The molecular weight excluding hydrogens is 172 g/mol. The maximum absolute atomic E-state index is 8.96. The molecule has 74 valence electrons. The molecule has 0 saturated heterocycles. The average molecular weight is 188 g/mol. The van der Waals surface area contributed by atoms with E-state index in [1.165, 1.54) is 0 Å². The molecule has 0 aliphatic heterocycles. The molecule has 0 aromatic heterocycles. The fourth-order valence-corrected chi connectivity index (χ4v) is 3.65. The van der Waals surface area contributed by atoms with E-state index in [2.05, 4.69) is 26.0 Å². The van der Waals surface area contributed by atoms with Gasteiger partial charge in [0.25, 0.3) is 0 Å². The van der Waals surface area contributed by atoms with Crippen molar-refractivity contribution in [2.75, 3.05) is 0 Å². The zero-order valence-corrected chi connectivity index (χ0v) is 8.88. The third kappa shape index (κ3) is 1.07. The van der Waals surface area contributed by atoms with Gasteiger partial charge < -0.3 is 0 Å². The Balaban J connectivity index is 2.26. The molecule has 2 heteroatoms. The highest BCUT2D eigenvalue weighted by Crippen LogP contribution is 2.65. The Morgan fingerprint density at radius 2 is 1.14 bits per heavy atom. The lowest BCUT2D eigenvalue weighted by molar-refractivity contribution is 0.157. The molecule has 0 spiro atoms. The van der Waals surface area contributed by atoms with Gasteiger partial charge in [0, 0.05) is 11.8 Å². The molecule has 2 rings (SSSR count). The van der Waals surface area contributed by atoms with Gasteiger partial charge in [0.15, 0.2) is 0 Å². The second-order valence-electron chi connectivity index (χ2n) is 5.59. The summed E-state index contributed by atoms with van der Waals surface area (Å²) >= 11 is 0. The van der Waals surface area contributed by atoms with E-state index in [1.807, 2.05) is 0 Å². The molecule has 14 heavy (non-hydrogen) atoms. The summed E-state index contributed by atoms with van der Waals surface area (Å²) in [6.07, 6.45) is 3.99. The van der Waals surface area contributed by atoms with Crippen molar-refractivity contribution in [3.8, 4) is 12.1 Å². The first-order valence-electron chi connectivity index (χ1n) is 5.32. The molecule has 0 heterocycles. The Morgan fingerprint density at radius 1 is 0.857 bits per heavy atom. The predicted molar refractivity (Wildman–Crippen MR) is 52.9 cm³/mol. The standard InChI is InChI=1S/C12H16N2/c1-11-3-9(7-13)5-12(11,2)6-10(4-11)8-14/h9-10H,3-6H2,1-2H3. The number of rotatable bonds is 0. The van der Waals surface area contributed by atoms with Crippen LogP contribution in [0.1, 0.15) is 39.5 Å². The Labute approximate surface area is 85.5 Å². The molecule has 0 unspecified atom stereocenters. The van der Waals surface area contributed by atoms with Crippen LogP contribution in [0.25, 0.3) is 0 Å². The fourth-order valence-electron chi connectivity index (χ4n) is 3.65. The topological polar surface area (TPSA) is 47.6 Å². The number of nitriles is 2. The smallest absolute Gasteiger partial charge is 0.0656 e. The summed E-state index contributed by atoms with van der Waals surface area (Å²) in [6, 6.07) is 4.79. The van der Waals surface area contributed by atoms with Crippen molar-refractivity contribution in [1.29, 1.82) is 10.5 Å². The van der Waals surface area contributed by atoms with Crippen molar-refractivity contribution in [1.82, 2.24) is 0 Å². The summed E-state index contributed by atoms with van der Waals surface area (Å²) in [5, 5.41) is 17.9. The summed E-state index contributed by atoms with van der Waals surface area (Å²) in [5.41, 5.74) is 0.488. The van der Waals surface area contributed by atoms with E-state index >= 15 is 0 Å². The minimum Gasteiger partial charge on any atom is -0.198 e. The molecule has 2 aliphatic carbocycles. The molecule has 0 atom stereocenters. The first-order chi connectivity index (χ1) is 6.53. The van der Waals surface area contributed by atoms with Crippen molar-refractivity contribution < 1.29 is 0 Å². The minimum atomic E-state index is 0.227. The molecular formula is C12H16N2. The van der Waals surface area contributed by atoms with E-state index in [1.54, 1.807) is 0 Å². The first-order valence-corrected chi connectivity index (χ1v) is 5.32. The zero-order chi connectivity index (χ0) is 10.4. The fraction of sp³-hybridized carbons (Fsp3) is 0.833. The van der Waals surface area contributed by atoms with Gasteiger partial charge in [0.1, 0.15) is 0 Å². The van der Waals surface area contributed by atoms with Crippen LogP contribution >= 0.6 is 0 Å². The second-order valence-corrected chi connectivity index (χ2v) is 5.59. The highest BCUT2D eigenvalue weighted by Gasteiger charge is 2.58. The third-order valence-electron chi connectivity index (χ3n) is 4.61. The molecule has 2 saturated carbocycles. The van der Waals surface area contributed by atoms with E-state index in [0.29, 0.717) is 0 Å². The Morgan fingerprint density at radius 3 is 1.36 bits per heavy atom. The number of nitrogens with zero attached hydrogens (tertiary/aromatic N) is 2. The SMILES string of the molecule is CC12CC(C#N)CC1(C)CC(C#N)C2. The normalized spacial score (nSPS) is 50.9. The highest BCUT2D eigenvalue weighted by molar-refractivity contribution is 5.14. The first kappa shape index (κ1) is 9.53. The summed E-state index contributed by atoms with van der Waals surface area (Å²) in [6.45, 7) is 4.53. The summed E-state index contributed by atoms with van der Waals surface area (Å²) in [5.74, 6) is 0.453. The van der Waals surface area contributed by atoms with Crippen LogP contribution in [0.4, 0.5) is 0 Å². The van der Waals surface area contributed by atoms with Gasteiger partial charge in [-0.2, -0.15) is 10.5 Å². The van der Waals surface area contributed by atoms with Crippen LogP contribution in [-0.4, -0.2) is 0 Å². The van der Waals surface area contributed by atoms with Gasteiger partial charge in [-0.25, -0.2) is 0 Å². The quantitative estimate of drug-likeness (QED) is 0.586. The Bertz CT molecular complexity index is 285. The predicted octanol–water partition coefficient (Wildman–Crippen LogP) is 2.87. The van der Waals surface area contributed by atoms with Crippen LogP contribution in [0.2, 0.25) is 0 Å². The van der Waals surface area contributed by atoms with E-state index in [4.69, 9.17) is 10.5 Å². The van der Waals surface area contributed by atoms with E-state index in [9.17, 15) is 0 Å². The van der Waals surface area contributed by atoms with Crippen molar-refractivity contribution >= 4 is 0 Å². The van der Waals surface area contributed by atoms with Crippen molar-refractivity contribution in [2.24, 2.45) is 22.7 Å². The highest BCUT2D eigenvalue weighted by atomic mass is 14.6. The molecule has 0 aromatic rings. The Kier molecular flexibility index (Phi) is 1.86. The van der Waals surface area contributed by atoms with Gasteiger partial charge >= 0.3 is 0 Å². The van der Waals surface area contributed by atoms with Crippen LogP contribution < -0.4 is 0 Å². The summed E-state index contributed by atoms with van der Waals surface area (Å²) in [4.78, 5) is 0. The van der Waals surface area contributed by atoms with Crippen molar-refractivity contribution in [3.63, 3.8) is 0 Å². The molecule has 2 aliphatic rings. The van der Waals surface area contributed by atoms with Gasteiger partial charge in [-0.05, 0) is 36.5 Å². The largest absolute Gasteiger partial charge is 0.198 e. The Hall–Kier alpha value is -1.02. The molecule has 2 fully saturated rings. The number of fused-ring (bicyclic) bond motifs is 1. The maximum atomic E-state index is 8.96. The van der Waals surface area contributed by atoms with Gasteiger partial charge in [-0.3, -0.25) is 0 Å². The molecule has 0 amide bonds. The monoisotopic (exact) mass is 188 g/mol. The third-order valence-corrected chi connectivity index (χ3v) is 4.61. The van der Waals surface area contributed by atoms with Crippen LogP contribution in [0.3, 0.4) is 0 Å². The maximum Gasteiger partial charge on any atom is 0.0656 e.